The topological polar surface area (TPSA) is 68.0 Å². The fourth-order valence-corrected chi connectivity index (χ4v) is 4.99. The zero-order valence-corrected chi connectivity index (χ0v) is 16.8. The van der Waals surface area contributed by atoms with E-state index in [1.807, 2.05) is 54.6 Å². The lowest BCUT2D eigenvalue weighted by Gasteiger charge is -2.07. The number of para-hydroxylation sites is 1. The summed E-state index contributed by atoms with van der Waals surface area (Å²) < 4.78 is 6.27. The molecule has 3 aromatic carbocycles. The summed E-state index contributed by atoms with van der Waals surface area (Å²) in [5.74, 6) is 0.607. The molecule has 7 heteroatoms. The molecule has 1 N–H and O–H groups in total. The van der Waals surface area contributed by atoms with Gasteiger partial charge in [-0.3, -0.25) is 0 Å². The van der Waals surface area contributed by atoms with Crippen molar-refractivity contribution in [1.29, 1.82) is 0 Å². The minimum atomic E-state index is -0.341. The number of benzene rings is 3. The average molecular weight is 418 g/mol. The van der Waals surface area contributed by atoms with E-state index in [4.69, 9.17) is 4.42 Å². The van der Waals surface area contributed by atoms with Gasteiger partial charge in [0.25, 0.3) is 0 Å². The van der Waals surface area contributed by atoms with E-state index in [0.717, 1.165) is 36.9 Å². The van der Waals surface area contributed by atoms with Crippen LogP contribution in [0.2, 0.25) is 0 Å². The van der Waals surface area contributed by atoms with Crippen LogP contribution in [0, 0.1) is 0 Å². The molecule has 0 radical (unpaired) electrons. The first-order chi connectivity index (χ1) is 14.3. The number of anilines is 2. The van der Waals surface area contributed by atoms with Crippen LogP contribution in [0.4, 0.5) is 10.8 Å². The standard InChI is InChI=1S/C22H15N3O2S2/c26-19-12-15(20-17-9-5-4-6-14(17)10-11-18(20)27-19)13-28-22-25-24-21(29-22)23-16-7-2-1-3-8-16/h1-12H,13H2,(H,23,24). The van der Waals surface area contributed by atoms with Gasteiger partial charge in [-0.05, 0) is 34.5 Å². The Kier molecular flexibility index (Phi) is 4.75. The zero-order valence-electron chi connectivity index (χ0n) is 15.2. The summed E-state index contributed by atoms with van der Waals surface area (Å²) in [6.07, 6.45) is 0. The fraction of sp³-hybridized carbons (Fsp3) is 0.0455. The molecule has 29 heavy (non-hydrogen) atoms. The van der Waals surface area contributed by atoms with Gasteiger partial charge in [0.05, 0.1) is 0 Å². The Labute approximate surface area is 174 Å². The lowest BCUT2D eigenvalue weighted by molar-refractivity contribution is 0.560. The largest absolute Gasteiger partial charge is 0.423 e. The van der Waals surface area contributed by atoms with Crippen molar-refractivity contribution in [1.82, 2.24) is 10.2 Å². The number of aromatic nitrogens is 2. The summed E-state index contributed by atoms with van der Waals surface area (Å²) in [6.45, 7) is 0. The van der Waals surface area contributed by atoms with E-state index in [2.05, 4.69) is 27.6 Å². The Bertz CT molecular complexity index is 1360. The van der Waals surface area contributed by atoms with Crippen LogP contribution in [0.5, 0.6) is 0 Å². The van der Waals surface area contributed by atoms with E-state index in [9.17, 15) is 4.79 Å². The third-order valence-electron chi connectivity index (χ3n) is 4.50. The van der Waals surface area contributed by atoms with Crippen LogP contribution in [0.15, 0.2) is 86.3 Å². The van der Waals surface area contributed by atoms with Crippen LogP contribution in [-0.4, -0.2) is 10.2 Å². The van der Waals surface area contributed by atoms with Crippen LogP contribution >= 0.6 is 23.1 Å². The van der Waals surface area contributed by atoms with Crippen molar-refractivity contribution in [3.63, 3.8) is 0 Å². The van der Waals surface area contributed by atoms with Gasteiger partial charge < -0.3 is 9.73 Å². The molecule has 5 aromatic rings. The molecular weight excluding hydrogens is 402 g/mol. The van der Waals surface area contributed by atoms with Crippen molar-refractivity contribution in [2.45, 2.75) is 10.1 Å². The predicted octanol–water partition coefficient (Wildman–Crippen LogP) is 5.83. The molecular formula is C22H15N3O2S2. The molecule has 0 spiro atoms. The van der Waals surface area contributed by atoms with Gasteiger partial charge in [0, 0.05) is 22.9 Å². The van der Waals surface area contributed by atoms with Gasteiger partial charge in [0.1, 0.15) is 5.58 Å². The molecule has 0 aliphatic carbocycles. The van der Waals surface area contributed by atoms with E-state index >= 15 is 0 Å². The van der Waals surface area contributed by atoms with E-state index in [1.165, 1.54) is 11.3 Å². The summed E-state index contributed by atoms with van der Waals surface area (Å²) in [6, 6.07) is 23.4. The molecule has 5 nitrogen and oxygen atoms in total. The maximum Gasteiger partial charge on any atom is 0.336 e. The summed E-state index contributed by atoms with van der Waals surface area (Å²) >= 11 is 3.05. The predicted molar refractivity (Wildman–Crippen MR) is 119 cm³/mol. The first-order valence-corrected chi connectivity index (χ1v) is 10.8. The van der Waals surface area contributed by atoms with Gasteiger partial charge in [-0.25, -0.2) is 4.79 Å². The molecule has 142 valence electrons. The maximum atomic E-state index is 12.0. The van der Waals surface area contributed by atoms with Gasteiger partial charge in [0.2, 0.25) is 5.13 Å². The lowest BCUT2D eigenvalue weighted by atomic mass is 10.0. The zero-order chi connectivity index (χ0) is 19.6. The van der Waals surface area contributed by atoms with Crippen molar-refractivity contribution in [3.8, 4) is 0 Å². The highest BCUT2D eigenvalue weighted by Gasteiger charge is 2.12. The molecule has 0 saturated carbocycles. The van der Waals surface area contributed by atoms with Crippen molar-refractivity contribution in [2.75, 3.05) is 5.32 Å². The number of hydrogen-bond acceptors (Lipinski definition) is 7. The highest BCUT2D eigenvalue weighted by molar-refractivity contribution is 8.00. The molecule has 0 bridgehead atoms. The molecule has 0 saturated heterocycles. The Balaban J connectivity index is 1.44. The number of thioether (sulfide) groups is 1. The van der Waals surface area contributed by atoms with Crippen LogP contribution in [-0.2, 0) is 5.75 Å². The van der Waals surface area contributed by atoms with Gasteiger partial charge in [-0.1, -0.05) is 71.6 Å². The monoisotopic (exact) mass is 417 g/mol. The highest BCUT2D eigenvalue weighted by Crippen LogP contribution is 2.33. The molecule has 0 fully saturated rings. The molecule has 2 heterocycles. The number of nitrogens with zero attached hydrogens (tertiary/aromatic N) is 2. The summed E-state index contributed by atoms with van der Waals surface area (Å²) in [5, 5.41) is 15.6. The van der Waals surface area contributed by atoms with Crippen LogP contribution in [0.1, 0.15) is 5.56 Å². The SMILES string of the molecule is O=c1cc(CSc2nnc(Nc3ccccc3)s2)c2c(ccc3ccccc32)o1. The van der Waals surface area contributed by atoms with Crippen molar-refractivity contribution >= 4 is 55.7 Å². The normalized spacial score (nSPS) is 11.2. The third kappa shape index (κ3) is 3.74. The average Bonchev–Trinajstić information content (AvgIpc) is 3.19. The third-order valence-corrected chi connectivity index (χ3v) is 6.52. The molecule has 0 amide bonds. The maximum absolute atomic E-state index is 12.0. The smallest absolute Gasteiger partial charge is 0.336 e. The Morgan fingerprint density at radius 1 is 0.966 bits per heavy atom. The first-order valence-electron chi connectivity index (χ1n) is 8.99. The minimum absolute atomic E-state index is 0.341. The molecule has 0 aliphatic heterocycles. The first kappa shape index (κ1) is 17.9. The van der Waals surface area contributed by atoms with E-state index in [1.54, 1.807) is 17.8 Å². The van der Waals surface area contributed by atoms with Gasteiger partial charge >= 0.3 is 5.63 Å². The molecule has 2 aromatic heterocycles. The van der Waals surface area contributed by atoms with Crippen LogP contribution < -0.4 is 10.9 Å². The highest BCUT2D eigenvalue weighted by atomic mass is 32.2. The number of fused-ring (bicyclic) bond motifs is 3. The minimum Gasteiger partial charge on any atom is -0.423 e. The summed E-state index contributed by atoms with van der Waals surface area (Å²) in [7, 11) is 0. The van der Waals surface area contributed by atoms with Crippen molar-refractivity contribution < 1.29 is 4.42 Å². The Morgan fingerprint density at radius 2 is 1.79 bits per heavy atom. The Hall–Kier alpha value is -3.16. The van der Waals surface area contributed by atoms with Crippen molar-refractivity contribution in [3.05, 3.63) is 88.8 Å². The summed E-state index contributed by atoms with van der Waals surface area (Å²) in [5.41, 5.74) is 2.17. The van der Waals surface area contributed by atoms with E-state index in [-0.39, 0.29) is 5.63 Å². The summed E-state index contributed by atoms with van der Waals surface area (Å²) in [4.78, 5) is 12.0. The van der Waals surface area contributed by atoms with Gasteiger partial charge in [0.15, 0.2) is 4.34 Å². The molecule has 0 unspecified atom stereocenters. The molecule has 5 rings (SSSR count). The van der Waals surface area contributed by atoms with Crippen LogP contribution in [0.25, 0.3) is 21.7 Å². The lowest BCUT2D eigenvalue weighted by Crippen LogP contribution is -2.00. The quantitative estimate of drug-likeness (QED) is 0.220. The van der Waals surface area contributed by atoms with Gasteiger partial charge in [-0.2, -0.15) is 0 Å². The second-order valence-electron chi connectivity index (χ2n) is 6.40. The number of nitrogens with one attached hydrogen (secondary N) is 1. The number of hydrogen-bond donors (Lipinski definition) is 1. The van der Waals surface area contributed by atoms with E-state index < -0.39 is 0 Å². The fourth-order valence-electron chi connectivity index (χ4n) is 3.24. The van der Waals surface area contributed by atoms with E-state index in [0.29, 0.717) is 11.3 Å². The second kappa shape index (κ2) is 7.69. The molecule has 0 atom stereocenters. The Morgan fingerprint density at radius 3 is 2.69 bits per heavy atom. The number of rotatable bonds is 5. The van der Waals surface area contributed by atoms with Crippen molar-refractivity contribution in [2.24, 2.45) is 0 Å². The van der Waals surface area contributed by atoms with Gasteiger partial charge in [-0.15, -0.1) is 10.2 Å². The molecule has 0 aliphatic rings. The second-order valence-corrected chi connectivity index (χ2v) is 8.60. The van der Waals surface area contributed by atoms with Crippen LogP contribution in [0.3, 0.4) is 0 Å².